The number of aromatic nitrogens is 1. The molecule has 168 valence electrons. The van der Waals surface area contributed by atoms with Crippen LogP contribution in [0.15, 0.2) is 30.3 Å². The lowest BCUT2D eigenvalue weighted by Gasteiger charge is -2.39. The van der Waals surface area contributed by atoms with Gasteiger partial charge in [-0.1, -0.05) is 12.1 Å². The minimum atomic E-state index is -0.282. The molecule has 0 bridgehead atoms. The highest BCUT2D eigenvalue weighted by atomic mass is 19.1. The predicted octanol–water partition coefficient (Wildman–Crippen LogP) is 4.19. The van der Waals surface area contributed by atoms with Crippen LogP contribution >= 0.6 is 0 Å². The van der Waals surface area contributed by atoms with Crippen molar-refractivity contribution >= 4 is 5.91 Å². The van der Waals surface area contributed by atoms with E-state index in [1.807, 2.05) is 35.4 Å². The Balaban J connectivity index is 1.40. The Morgan fingerprint density at radius 3 is 2.39 bits per heavy atom. The monoisotopic (exact) mass is 427 g/mol. The van der Waals surface area contributed by atoms with Gasteiger partial charge in [-0.25, -0.2) is 4.39 Å². The molecule has 0 spiro atoms. The number of hydrogen-bond donors (Lipinski definition) is 0. The molecule has 2 aromatic rings. The number of likely N-dealkylation sites (tertiary alicyclic amines) is 1. The van der Waals surface area contributed by atoms with Crippen molar-refractivity contribution < 1.29 is 13.9 Å². The molecule has 3 heterocycles. The Bertz CT molecular complexity index is 923. The molecule has 1 aromatic heterocycles. The molecule has 0 saturated carbocycles. The number of nitrogens with zero attached hydrogens (tertiary/aromatic N) is 3. The predicted molar refractivity (Wildman–Crippen MR) is 120 cm³/mol. The number of halogens is 1. The second-order valence-electron chi connectivity index (χ2n) is 9.28. The SMILES string of the molecule is Cc1cc(C(=O)N2CCC(CN3CC(C)OC(C)C3)CC2)c(C)n1-c1ccccc1F. The van der Waals surface area contributed by atoms with Crippen molar-refractivity contribution in [2.75, 3.05) is 32.7 Å². The van der Waals surface area contributed by atoms with Gasteiger partial charge >= 0.3 is 0 Å². The van der Waals surface area contributed by atoms with E-state index in [0.29, 0.717) is 17.2 Å². The number of morpholine rings is 1. The molecule has 0 radical (unpaired) electrons. The maximum Gasteiger partial charge on any atom is 0.255 e. The van der Waals surface area contributed by atoms with Gasteiger partial charge < -0.3 is 14.2 Å². The molecular weight excluding hydrogens is 393 g/mol. The third-order valence-electron chi connectivity index (χ3n) is 6.67. The average Bonchev–Trinajstić information content (AvgIpc) is 3.02. The number of hydrogen-bond acceptors (Lipinski definition) is 3. The van der Waals surface area contributed by atoms with Crippen LogP contribution in [-0.4, -0.2) is 65.2 Å². The number of aryl methyl sites for hydroxylation is 1. The molecule has 2 aliphatic heterocycles. The highest BCUT2D eigenvalue weighted by Gasteiger charge is 2.29. The van der Waals surface area contributed by atoms with E-state index in [0.717, 1.165) is 57.0 Å². The van der Waals surface area contributed by atoms with Crippen LogP contribution in [0.2, 0.25) is 0 Å². The molecule has 0 aliphatic carbocycles. The zero-order chi connectivity index (χ0) is 22.1. The minimum Gasteiger partial charge on any atom is -0.373 e. The van der Waals surface area contributed by atoms with Crippen LogP contribution in [0.3, 0.4) is 0 Å². The van der Waals surface area contributed by atoms with Crippen molar-refractivity contribution in [2.45, 2.75) is 52.7 Å². The summed E-state index contributed by atoms with van der Waals surface area (Å²) in [6.45, 7) is 12.7. The lowest BCUT2D eigenvalue weighted by molar-refractivity contribution is -0.0728. The Kier molecular flexibility index (Phi) is 6.49. The van der Waals surface area contributed by atoms with E-state index in [1.165, 1.54) is 6.07 Å². The second-order valence-corrected chi connectivity index (χ2v) is 9.28. The maximum atomic E-state index is 14.4. The van der Waals surface area contributed by atoms with E-state index in [9.17, 15) is 9.18 Å². The highest BCUT2D eigenvalue weighted by molar-refractivity contribution is 5.96. The van der Waals surface area contributed by atoms with Crippen molar-refractivity contribution in [1.82, 2.24) is 14.4 Å². The molecule has 2 atom stereocenters. The topological polar surface area (TPSA) is 37.7 Å². The summed E-state index contributed by atoms with van der Waals surface area (Å²) < 4.78 is 22.0. The maximum absolute atomic E-state index is 14.4. The fraction of sp³-hybridized carbons (Fsp3) is 0.560. The molecule has 4 rings (SSSR count). The first-order chi connectivity index (χ1) is 14.8. The smallest absolute Gasteiger partial charge is 0.255 e. The Morgan fingerprint density at radius 1 is 1.10 bits per heavy atom. The number of carbonyl (C=O) groups excluding carboxylic acids is 1. The summed E-state index contributed by atoms with van der Waals surface area (Å²) in [5.74, 6) is 0.394. The van der Waals surface area contributed by atoms with Gasteiger partial charge in [0.15, 0.2) is 0 Å². The van der Waals surface area contributed by atoms with Crippen molar-refractivity contribution in [3.8, 4) is 5.69 Å². The first-order valence-corrected chi connectivity index (χ1v) is 11.4. The summed E-state index contributed by atoms with van der Waals surface area (Å²) in [6, 6.07) is 8.60. The molecule has 2 aliphatic rings. The first kappa shape index (κ1) is 22.0. The van der Waals surface area contributed by atoms with Crippen LogP contribution in [0, 0.1) is 25.6 Å². The lowest BCUT2D eigenvalue weighted by Crippen LogP contribution is -2.48. The van der Waals surface area contributed by atoms with Crippen LogP contribution < -0.4 is 0 Å². The molecule has 5 nitrogen and oxygen atoms in total. The van der Waals surface area contributed by atoms with Crippen LogP contribution in [-0.2, 0) is 4.74 Å². The number of piperidine rings is 1. The first-order valence-electron chi connectivity index (χ1n) is 11.4. The number of para-hydroxylation sites is 1. The van der Waals surface area contributed by atoms with Gasteiger partial charge in [0.2, 0.25) is 0 Å². The minimum absolute atomic E-state index is 0.0581. The summed E-state index contributed by atoms with van der Waals surface area (Å²) in [7, 11) is 0. The van der Waals surface area contributed by atoms with Gasteiger partial charge in [0, 0.05) is 44.1 Å². The summed E-state index contributed by atoms with van der Waals surface area (Å²) in [5, 5.41) is 0. The molecule has 0 N–H and O–H groups in total. The van der Waals surface area contributed by atoms with E-state index in [2.05, 4.69) is 18.7 Å². The quantitative estimate of drug-likeness (QED) is 0.734. The Hall–Kier alpha value is -2.18. The van der Waals surface area contributed by atoms with Gasteiger partial charge in [-0.15, -0.1) is 0 Å². The summed E-state index contributed by atoms with van der Waals surface area (Å²) in [6.07, 6.45) is 2.63. The van der Waals surface area contributed by atoms with Crippen LogP contribution in [0.4, 0.5) is 4.39 Å². The molecule has 2 fully saturated rings. The summed E-state index contributed by atoms with van der Waals surface area (Å²) in [4.78, 5) is 17.8. The van der Waals surface area contributed by atoms with Gasteiger partial charge in [0.05, 0.1) is 23.5 Å². The van der Waals surface area contributed by atoms with Crippen molar-refractivity contribution in [3.63, 3.8) is 0 Å². The molecule has 2 unspecified atom stereocenters. The van der Waals surface area contributed by atoms with Crippen molar-refractivity contribution in [1.29, 1.82) is 0 Å². The number of amides is 1. The van der Waals surface area contributed by atoms with E-state index in [1.54, 1.807) is 12.1 Å². The molecule has 2 saturated heterocycles. The lowest BCUT2D eigenvalue weighted by atomic mass is 9.95. The summed E-state index contributed by atoms with van der Waals surface area (Å²) in [5.41, 5.74) is 2.83. The number of rotatable bonds is 4. The Morgan fingerprint density at radius 2 is 1.74 bits per heavy atom. The van der Waals surface area contributed by atoms with E-state index >= 15 is 0 Å². The van der Waals surface area contributed by atoms with Crippen molar-refractivity contribution in [3.05, 3.63) is 53.1 Å². The highest BCUT2D eigenvalue weighted by Crippen LogP contribution is 2.26. The van der Waals surface area contributed by atoms with Crippen LogP contribution in [0.5, 0.6) is 0 Å². The van der Waals surface area contributed by atoms with Gasteiger partial charge in [-0.05, 0) is 64.7 Å². The molecular formula is C25H34FN3O2. The molecule has 1 aromatic carbocycles. The molecule has 31 heavy (non-hydrogen) atoms. The van der Waals surface area contributed by atoms with Crippen molar-refractivity contribution in [2.24, 2.45) is 5.92 Å². The standard InChI is InChI=1S/C25H34FN3O2/c1-17-13-22(20(4)29(17)24-8-6-5-7-23(24)26)25(30)28-11-9-21(10-12-28)16-27-14-18(2)31-19(3)15-27/h5-8,13,18-19,21H,9-12,14-16H2,1-4H3. The second kappa shape index (κ2) is 9.13. The van der Waals surface area contributed by atoms with Gasteiger partial charge in [0.1, 0.15) is 5.82 Å². The molecule has 6 heteroatoms. The van der Waals surface area contributed by atoms with Crippen LogP contribution in [0.1, 0.15) is 48.4 Å². The third-order valence-corrected chi connectivity index (χ3v) is 6.67. The zero-order valence-corrected chi connectivity index (χ0v) is 19.1. The fourth-order valence-electron chi connectivity index (χ4n) is 5.27. The molecule has 1 amide bonds. The third kappa shape index (κ3) is 4.70. The van der Waals surface area contributed by atoms with Crippen LogP contribution in [0.25, 0.3) is 5.69 Å². The summed E-state index contributed by atoms with van der Waals surface area (Å²) >= 11 is 0. The zero-order valence-electron chi connectivity index (χ0n) is 19.1. The van der Waals surface area contributed by atoms with Gasteiger partial charge in [-0.3, -0.25) is 9.69 Å². The van der Waals surface area contributed by atoms with E-state index < -0.39 is 0 Å². The fourth-order valence-corrected chi connectivity index (χ4v) is 5.27. The normalized spacial score (nSPS) is 23.3. The van der Waals surface area contributed by atoms with Gasteiger partial charge in [-0.2, -0.15) is 0 Å². The van der Waals surface area contributed by atoms with E-state index in [-0.39, 0.29) is 23.9 Å². The number of benzene rings is 1. The largest absolute Gasteiger partial charge is 0.373 e. The number of ether oxygens (including phenoxy) is 1. The average molecular weight is 428 g/mol. The Labute approximate surface area is 184 Å². The van der Waals surface area contributed by atoms with Gasteiger partial charge in [0.25, 0.3) is 5.91 Å². The number of carbonyl (C=O) groups is 1. The van der Waals surface area contributed by atoms with E-state index in [4.69, 9.17) is 4.74 Å².